The van der Waals surface area contributed by atoms with Crippen molar-refractivity contribution in [3.8, 4) is 0 Å². The van der Waals surface area contributed by atoms with Crippen LogP contribution < -0.4 is 0 Å². The minimum Gasteiger partial charge on any atom is -0.462 e. The summed E-state index contributed by atoms with van der Waals surface area (Å²) in [6.45, 7) is 3.06. The van der Waals surface area contributed by atoms with E-state index >= 15 is 0 Å². The molecule has 64 heavy (non-hydrogen) atoms. The SMILES string of the molecule is CCCCC/C=C\C/C=C\C/C=C\C/C=C\CCCC(=O)O[C@H](COC(=O)CCC/C=C\C/C=C\C=C\[C@H](O)C/C=C\CCCCC)COP(=O)(O)OC1[C@H](O)[C@H](O)C(O)[C@H](O)[C@H]1O. The maximum Gasteiger partial charge on any atom is 0.472 e. The number of carbonyl (C=O) groups excluding carboxylic acids is 2. The van der Waals surface area contributed by atoms with Crippen molar-refractivity contribution in [3.63, 3.8) is 0 Å². The number of hydrogen-bond acceptors (Lipinski definition) is 13. The van der Waals surface area contributed by atoms with Crippen LogP contribution in [0.2, 0.25) is 0 Å². The van der Waals surface area contributed by atoms with E-state index < -0.39 is 81.8 Å². The van der Waals surface area contributed by atoms with Crippen molar-refractivity contribution in [1.82, 2.24) is 0 Å². The van der Waals surface area contributed by atoms with E-state index in [1.165, 1.54) is 32.1 Å². The number of phosphoric acid groups is 1. The Balaban J connectivity index is 2.59. The summed E-state index contributed by atoms with van der Waals surface area (Å²) in [7, 11) is -5.17. The van der Waals surface area contributed by atoms with Gasteiger partial charge < -0.3 is 45.0 Å². The average molecular weight is 923 g/mol. The molecule has 0 aromatic heterocycles. The van der Waals surface area contributed by atoms with Crippen molar-refractivity contribution in [2.24, 2.45) is 0 Å². The molecule has 364 valence electrons. The lowest BCUT2D eigenvalue weighted by Crippen LogP contribution is -2.64. The summed E-state index contributed by atoms with van der Waals surface area (Å²) >= 11 is 0. The van der Waals surface area contributed by atoms with Crippen LogP contribution in [0.5, 0.6) is 0 Å². The fraction of sp³-hybridized carbons (Fsp3) is 0.633. The molecule has 0 heterocycles. The highest BCUT2D eigenvalue weighted by Gasteiger charge is 2.51. The summed E-state index contributed by atoms with van der Waals surface area (Å²) < 4.78 is 33.4. The predicted molar refractivity (Wildman–Crippen MR) is 250 cm³/mol. The Labute approximate surface area is 382 Å². The smallest absolute Gasteiger partial charge is 0.462 e. The van der Waals surface area contributed by atoms with Gasteiger partial charge in [0.1, 0.15) is 43.2 Å². The van der Waals surface area contributed by atoms with Crippen LogP contribution in [0.25, 0.3) is 0 Å². The number of aliphatic hydroxyl groups is 6. The first-order valence-electron chi connectivity index (χ1n) is 23.1. The molecule has 1 fully saturated rings. The number of rotatable bonds is 36. The van der Waals surface area contributed by atoms with Crippen molar-refractivity contribution in [3.05, 3.63) is 97.2 Å². The fourth-order valence-corrected chi connectivity index (χ4v) is 7.15. The van der Waals surface area contributed by atoms with Gasteiger partial charge in [0.25, 0.3) is 0 Å². The second-order valence-corrected chi connectivity index (χ2v) is 17.2. The van der Waals surface area contributed by atoms with E-state index in [0.717, 1.165) is 38.5 Å². The third kappa shape index (κ3) is 30.0. The van der Waals surface area contributed by atoms with Crippen LogP contribution in [0, 0.1) is 0 Å². The van der Waals surface area contributed by atoms with Crippen LogP contribution in [0.4, 0.5) is 0 Å². The molecule has 0 spiro atoms. The Bertz CT molecular complexity index is 1500. The Hall–Kier alpha value is -3.27. The van der Waals surface area contributed by atoms with Crippen LogP contribution in [0.3, 0.4) is 0 Å². The highest BCUT2D eigenvalue weighted by Crippen LogP contribution is 2.47. The molecule has 0 saturated heterocycles. The number of esters is 2. The van der Waals surface area contributed by atoms with Crippen LogP contribution in [0.15, 0.2) is 97.2 Å². The molecule has 9 atom stereocenters. The number of unbranched alkanes of at least 4 members (excludes halogenated alkanes) is 8. The third-order valence-electron chi connectivity index (χ3n) is 9.98. The average Bonchev–Trinajstić information content (AvgIpc) is 3.27. The summed E-state index contributed by atoms with van der Waals surface area (Å²) in [6, 6.07) is 0. The van der Waals surface area contributed by atoms with Gasteiger partial charge in [-0.05, 0) is 83.5 Å². The molecule has 0 amide bonds. The first kappa shape index (κ1) is 58.7. The fourth-order valence-electron chi connectivity index (χ4n) is 6.18. The summed E-state index contributed by atoms with van der Waals surface area (Å²) in [6.07, 6.45) is 33.5. The Morgan fingerprint density at radius 1 is 0.562 bits per heavy atom. The second kappa shape index (κ2) is 37.9. The molecule has 14 nitrogen and oxygen atoms in total. The van der Waals surface area contributed by atoms with Crippen molar-refractivity contribution in [2.45, 2.75) is 185 Å². The number of carbonyl (C=O) groups is 2. The number of aliphatic hydroxyl groups excluding tert-OH is 6. The topological polar surface area (TPSA) is 230 Å². The van der Waals surface area contributed by atoms with Gasteiger partial charge in [0, 0.05) is 12.8 Å². The molecule has 1 saturated carbocycles. The molecule has 0 bridgehead atoms. The first-order valence-corrected chi connectivity index (χ1v) is 24.6. The van der Waals surface area contributed by atoms with Crippen LogP contribution >= 0.6 is 7.82 Å². The molecule has 7 N–H and O–H groups in total. The molecule has 0 radical (unpaired) electrons. The standard InChI is InChI=1S/C49H79O14P/c1-3-5-7-9-11-12-13-14-15-16-17-18-19-20-25-29-33-37-43(52)62-41(39-61-64(58,59)63-49-47(56)45(54)44(53)46(55)48(49)57)38-60-42(51)36-32-28-24-22-21-23-27-31-35-40(50)34-30-26-10-8-6-4-2/h11-12,14-15,17-18,20,22-27,30-31,35,40-41,44-50,53-57H,3-10,13,16,19,21,28-29,32-34,36-39H2,1-2H3,(H,58,59)/b12-11-,15-14-,18-17-,24-22-,25-20-,27-23-,30-26-,35-31+/t40-,41-,44?,45-,46+,47-,48-,49?/m1/s1. The Morgan fingerprint density at radius 2 is 1.02 bits per heavy atom. The molecule has 1 aliphatic rings. The van der Waals surface area contributed by atoms with E-state index in [0.29, 0.717) is 38.5 Å². The Kier molecular flexibility index (Phi) is 34.8. The van der Waals surface area contributed by atoms with Gasteiger partial charge in [-0.3, -0.25) is 18.6 Å². The first-order chi connectivity index (χ1) is 30.8. The minimum absolute atomic E-state index is 0.00899. The van der Waals surface area contributed by atoms with Crippen LogP contribution in [-0.2, 0) is 32.7 Å². The van der Waals surface area contributed by atoms with Crippen LogP contribution in [-0.4, -0.2) is 110 Å². The number of hydrogen-bond donors (Lipinski definition) is 7. The molecular weight excluding hydrogens is 843 g/mol. The van der Waals surface area contributed by atoms with Crippen LogP contribution in [0.1, 0.15) is 136 Å². The minimum atomic E-state index is -5.17. The lowest BCUT2D eigenvalue weighted by Gasteiger charge is -2.41. The van der Waals surface area contributed by atoms with E-state index in [1.807, 2.05) is 48.6 Å². The van der Waals surface area contributed by atoms with E-state index in [2.05, 4.69) is 56.4 Å². The molecule has 3 unspecified atom stereocenters. The van der Waals surface area contributed by atoms with E-state index in [9.17, 15) is 49.7 Å². The van der Waals surface area contributed by atoms with Gasteiger partial charge in [-0.2, -0.15) is 0 Å². The normalized spacial score (nSPS) is 23.0. The van der Waals surface area contributed by atoms with Gasteiger partial charge in [-0.1, -0.05) is 137 Å². The lowest BCUT2D eigenvalue weighted by atomic mass is 9.85. The van der Waals surface area contributed by atoms with E-state index in [1.54, 1.807) is 6.08 Å². The summed E-state index contributed by atoms with van der Waals surface area (Å²) in [5, 5.41) is 60.2. The number of allylic oxidation sites excluding steroid dienone is 14. The number of ether oxygens (including phenoxy) is 2. The highest BCUT2D eigenvalue weighted by molar-refractivity contribution is 7.47. The zero-order valence-electron chi connectivity index (χ0n) is 38.1. The van der Waals surface area contributed by atoms with Crippen molar-refractivity contribution >= 4 is 19.8 Å². The second-order valence-electron chi connectivity index (χ2n) is 15.7. The van der Waals surface area contributed by atoms with Gasteiger partial charge in [-0.15, -0.1) is 0 Å². The molecule has 15 heteroatoms. The quantitative estimate of drug-likeness (QED) is 0.0104. The molecule has 0 aromatic rings. The van der Waals surface area contributed by atoms with E-state index in [-0.39, 0.29) is 12.8 Å². The molecule has 0 aromatic carbocycles. The summed E-state index contributed by atoms with van der Waals surface area (Å²) in [4.78, 5) is 35.7. The van der Waals surface area contributed by atoms with Gasteiger partial charge in [0.15, 0.2) is 6.10 Å². The van der Waals surface area contributed by atoms with Gasteiger partial charge in [-0.25, -0.2) is 4.57 Å². The maximum atomic E-state index is 12.8. The zero-order valence-corrected chi connectivity index (χ0v) is 39.0. The molecule has 0 aliphatic heterocycles. The largest absolute Gasteiger partial charge is 0.472 e. The van der Waals surface area contributed by atoms with E-state index in [4.69, 9.17) is 18.5 Å². The van der Waals surface area contributed by atoms with Crippen molar-refractivity contribution in [1.29, 1.82) is 0 Å². The summed E-state index contributed by atoms with van der Waals surface area (Å²) in [5.74, 6) is -1.28. The van der Waals surface area contributed by atoms with Crippen molar-refractivity contribution < 1.29 is 68.2 Å². The van der Waals surface area contributed by atoms with Gasteiger partial charge >= 0.3 is 19.8 Å². The third-order valence-corrected chi connectivity index (χ3v) is 11.0. The lowest BCUT2D eigenvalue weighted by molar-refractivity contribution is -0.220. The maximum absolute atomic E-state index is 12.8. The van der Waals surface area contributed by atoms with Gasteiger partial charge in [0.05, 0.1) is 12.7 Å². The highest BCUT2D eigenvalue weighted by atomic mass is 31.2. The predicted octanol–water partition coefficient (Wildman–Crippen LogP) is 8.02. The monoisotopic (exact) mass is 923 g/mol. The number of phosphoric ester groups is 1. The Morgan fingerprint density at radius 3 is 1.55 bits per heavy atom. The molecule has 1 rings (SSSR count). The van der Waals surface area contributed by atoms with Gasteiger partial charge in [0.2, 0.25) is 0 Å². The molecular formula is C49H79O14P. The zero-order chi connectivity index (χ0) is 47.3. The molecule has 1 aliphatic carbocycles. The summed E-state index contributed by atoms with van der Waals surface area (Å²) in [5.41, 5.74) is 0. The van der Waals surface area contributed by atoms with Crippen molar-refractivity contribution in [2.75, 3.05) is 13.2 Å².